The molecule has 6 nitrogen and oxygen atoms in total. The van der Waals surface area contributed by atoms with Crippen LogP contribution < -0.4 is 0 Å². The number of hydrogen-bond donors (Lipinski definition) is 1. The summed E-state index contributed by atoms with van der Waals surface area (Å²) >= 11 is 6.30. The van der Waals surface area contributed by atoms with E-state index in [0.717, 1.165) is 37.3 Å². The molecule has 2 aliphatic rings. The van der Waals surface area contributed by atoms with Gasteiger partial charge in [0.1, 0.15) is 11.9 Å². The number of piperazine rings is 1. The molecule has 1 N–H and O–H groups in total. The van der Waals surface area contributed by atoms with Crippen LogP contribution in [0.2, 0.25) is 5.02 Å². The topological polar surface area (TPSA) is 56.2 Å². The number of ether oxygens (including phenoxy) is 1. The first-order valence-electron chi connectivity index (χ1n) is 15.4. The number of alkyl halides is 3. The minimum atomic E-state index is -4.67. The molecule has 44 heavy (non-hydrogen) atoms. The summed E-state index contributed by atoms with van der Waals surface area (Å²) in [5.74, 6) is -1.42. The minimum Gasteiger partial charge on any atom is -0.480 e. The Kier molecular flexibility index (Phi) is 11.7. The summed E-state index contributed by atoms with van der Waals surface area (Å²) in [6, 6.07) is 9.29. The van der Waals surface area contributed by atoms with Gasteiger partial charge in [-0.1, -0.05) is 29.8 Å². The van der Waals surface area contributed by atoms with E-state index < -0.39 is 24.5 Å². The second-order valence-corrected chi connectivity index (χ2v) is 12.9. The number of carboxylic acids is 1. The van der Waals surface area contributed by atoms with E-state index in [4.69, 9.17) is 11.6 Å². The van der Waals surface area contributed by atoms with E-state index in [2.05, 4.69) is 28.4 Å². The number of rotatable bonds is 11. The zero-order valence-corrected chi connectivity index (χ0v) is 26.7. The highest BCUT2D eigenvalue weighted by atomic mass is 35.5. The van der Waals surface area contributed by atoms with Crippen molar-refractivity contribution in [2.75, 3.05) is 39.8 Å². The van der Waals surface area contributed by atoms with Crippen LogP contribution in [0, 0.1) is 12.7 Å². The van der Waals surface area contributed by atoms with Crippen LogP contribution in [0.15, 0.2) is 36.4 Å². The third-order valence-corrected chi connectivity index (χ3v) is 9.54. The van der Waals surface area contributed by atoms with Gasteiger partial charge in [-0.15, -0.1) is 13.2 Å². The number of halogens is 5. The van der Waals surface area contributed by atoms with E-state index in [1.165, 1.54) is 12.1 Å². The molecule has 2 fully saturated rings. The predicted octanol–water partition coefficient (Wildman–Crippen LogP) is 7.57. The van der Waals surface area contributed by atoms with Gasteiger partial charge in [0.15, 0.2) is 0 Å². The molecule has 244 valence electrons. The standard InChI is InChI=1S/C33H44ClF4N3O3/c1-21(2)40-16-18-41(19-17-40)29(27-20-24(34)10-13-28(27)35)14-15-39(4)31(32(42)43)26-7-5-6-22(3)30(26)23-8-11-25(12-9-23)44-33(36,37)38/h5-7,10,13,20-21,23,25,29,31H,8-9,11-12,14-19H2,1-4H3,(H,42,43)/t23?,25?,29-,31-/m0/s1. The quantitative estimate of drug-likeness (QED) is 0.256. The molecule has 11 heteroatoms. The zero-order chi connectivity index (χ0) is 32.2. The summed E-state index contributed by atoms with van der Waals surface area (Å²) in [5, 5.41) is 10.9. The SMILES string of the molecule is Cc1cccc([C@@H](C(=O)O)N(C)CC[C@@H](c2cc(Cl)ccc2F)N2CCN(C(C)C)CC2)c1C1CCC(OC(F)(F)F)CC1. The van der Waals surface area contributed by atoms with Gasteiger partial charge < -0.3 is 5.11 Å². The van der Waals surface area contributed by atoms with Crippen LogP contribution in [0.4, 0.5) is 17.6 Å². The lowest BCUT2D eigenvalue weighted by Crippen LogP contribution is -2.50. The number of carbonyl (C=O) groups is 1. The van der Waals surface area contributed by atoms with Crippen LogP contribution in [0.5, 0.6) is 0 Å². The maximum absolute atomic E-state index is 15.2. The fourth-order valence-electron chi connectivity index (χ4n) is 7.04. The fourth-order valence-corrected chi connectivity index (χ4v) is 7.22. The van der Waals surface area contributed by atoms with Gasteiger partial charge in [0.05, 0.1) is 6.10 Å². The Balaban J connectivity index is 1.55. The number of aliphatic carboxylic acids is 1. The minimum absolute atomic E-state index is 0.0694. The number of carboxylic acid groups (broad SMARTS) is 1. The molecule has 1 aliphatic heterocycles. The molecule has 0 aromatic heterocycles. The van der Waals surface area contributed by atoms with Gasteiger partial charge >= 0.3 is 12.3 Å². The summed E-state index contributed by atoms with van der Waals surface area (Å²) < 4.78 is 57.9. The third-order valence-electron chi connectivity index (χ3n) is 9.30. The lowest BCUT2D eigenvalue weighted by atomic mass is 9.77. The Morgan fingerprint density at radius 3 is 2.27 bits per heavy atom. The highest BCUT2D eigenvalue weighted by Gasteiger charge is 2.37. The van der Waals surface area contributed by atoms with Gasteiger partial charge in [0.25, 0.3) is 0 Å². The van der Waals surface area contributed by atoms with E-state index >= 15 is 4.39 Å². The van der Waals surface area contributed by atoms with Crippen LogP contribution in [-0.2, 0) is 9.53 Å². The van der Waals surface area contributed by atoms with Gasteiger partial charge in [0, 0.05) is 55.4 Å². The molecule has 0 spiro atoms. The zero-order valence-electron chi connectivity index (χ0n) is 25.9. The van der Waals surface area contributed by atoms with Gasteiger partial charge in [-0.2, -0.15) is 0 Å². The Morgan fingerprint density at radius 2 is 1.68 bits per heavy atom. The first-order chi connectivity index (χ1) is 20.7. The smallest absolute Gasteiger partial charge is 0.480 e. The number of likely N-dealkylation sites (N-methyl/N-ethyl adjacent to an activating group) is 1. The second-order valence-electron chi connectivity index (χ2n) is 12.5. The first-order valence-corrected chi connectivity index (χ1v) is 15.8. The van der Waals surface area contributed by atoms with Crippen molar-refractivity contribution < 1.29 is 32.2 Å². The van der Waals surface area contributed by atoms with Crippen molar-refractivity contribution in [3.05, 3.63) is 69.5 Å². The highest BCUT2D eigenvalue weighted by Crippen LogP contribution is 2.41. The van der Waals surface area contributed by atoms with Gasteiger partial charge in [0.2, 0.25) is 0 Å². The summed E-state index contributed by atoms with van der Waals surface area (Å²) in [4.78, 5) is 19.3. The van der Waals surface area contributed by atoms with E-state index in [-0.39, 0.29) is 30.6 Å². The van der Waals surface area contributed by atoms with E-state index in [9.17, 15) is 23.1 Å². The van der Waals surface area contributed by atoms with Crippen LogP contribution in [0.25, 0.3) is 0 Å². The van der Waals surface area contributed by atoms with Crippen molar-refractivity contribution in [3.8, 4) is 0 Å². The molecule has 1 saturated carbocycles. The van der Waals surface area contributed by atoms with Crippen molar-refractivity contribution in [1.29, 1.82) is 0 Å². The normalized spacial score (nSPS) is 22.0. The molecule has 0 amide bonds. The van der Waals surface area contributed by atoms with Crippen molar-refractivity contribution in [1.82, 2.24) is 14.7 Å². The molecular formula is C33H44ClF4N3O3. The average molecular weight is 642 g/mol. The van der Waals surface area contributed by atoms with Gasteiger partial charge in [-0.05, 0) is 101 Å². The maximum atomic E-state index is 15.2. The molecule has 0 unspecified atom stereocenters. The molecule has 2 aromatic rings. The van der Waals surface area contributed by atoms with Crippen molar-refractivity contribution in [2.24, 2.45) is 0 Å². The molecular weight excluding hydrogens is 598 g/mol. The van der Waals surface area contributed by atoms with Crippen LogP contribution in [-0.4, -0.2) is 84.1 Å². The lowest BCUT2D eigenvalue weighted by molar-refractivity contribution is -0.345. The Labute approximate surface area is 262 Å². The third kappa shape index (κ3) is 8.72. The lowest BCUT2D eigenvalue weighted by Gasteiger charge is -2.41. The Morgan fingerprint density at radius 1 is 1.05 bits per heavy atom. The molecule has 0 bridgehead atoms. The summed E-state index contributed by atoms with van der Waals surface area (Å²) in [7, 11) is 1.76. The van der Waals surface area contributed by atoms with Crippen LogP contribution in [0.3, 0.4) is 0 Å². The number of nitrogens with zero attached hydrogens (tertiary/aromatic N) is 3. The summed E-state index contributed by atoms with van der Waals surface area (Å²) in [6.45, 7) is 9.83. The molecule has 2 aromatic carbocycles. The van der Waals surface area contributed by atoms with E-state index in [0.29, 0.717) is 48.0 Å². The average Bonchev–Trinajstić information content (AvgIpc) is 2.95. The summed E-state index contributed by atoms with van der Waals surface area (Å²) in [6.07, 6.45) is -3.61. The maximum Gasteiger partial charge on any atom is 0.522 e. The molecule has 1 heterocycles. The Bertz CT molecular complexity index is 1260. The molecule has 1 saturated heterocycles. The van der Waals surface area contributed by atoms with Crippen molar-refractivity contribution >= 4 is 17.6 Å². The number of benzene rings is 2. The first kappa shape index (κ1) is 34.6. The van der Waals surface area contributed by atoms with Crippen LogP contribution >= 0.6 is 11.6 Å². The van der Waals surface area contributed by atoms with Crippen LogP contribution in [0.1, 0.15) is 86.2 Å². The number of aryl methyl sites for hydroxylation is 1. The predicted molar refractivity (Wildman–Crippen MR) is 163 cm³/mol. The highest BCUT2D eigenvalue weighted by molar-refractivity contribution is 6.30. The van der Waals surface area contributed by atoms with Crippen molar-refractivity contribution in [2.45, 2.75) is 89.4 Å². The monoisotopic (exact) mass is 641 g/mol. The van der Waals surface area contributed by atoms with E-state index in [1.807, 2.05) is 25.1 Å². The Hall–Kier alpha value is -2.24. The molecule has 1 aliphatic carbocycles. The van der Waals surface area contributed by atoms with E-state index in [1.54, 1.807) is 18.0 Å². The second kappa shape index (κ2) is 14.9. The largest absolute Gasteiger partial charge is 0.522 e. The molecule has 0 radical (unpaired) electrons. The molecule has 2 atom stereocenters. The van der Waals surface area contributed by atoms with Gasteiger partial charge in [-0.3, -0.25) is 24.2 Å². The van der Waals surface area contributed by atoms with Crippen molar-refractivity contribution in [3.63, 3.8) is 0 Å². The molecule has 4 rings (SSSR count). The number of hydrogen-bond acceptors (Lipinski definition) is 5. The fraction of sp³-hybridized carbons (Fsp3) is 0.606. The van der Waals surface area contributed by atoms with Gasteiger partial charge in [-0.25, -0.2) is 4.39 Å². The summed E-state index contributed by atoms with van der Waals surface area (Å²) in [5.41, 5.74) is 2.96.